The van der Waals surface area contributed by atoms with Crippen molar-refractivity contribution in [2.75, 3.05) is 29.4 Å². The first kappa shape index (κ1) is 20.1. The fourth-order valence-electron chi connectivity index (χ4n) is 4.41. The Balaban J connectivity index is 1.78. The molecule has 4 rings (SSSR count). The molecule has 1 saturated heterocycles. The van der Waals surface area contributed by atoms with Crippen LogP contribution in [0.4, 0.5) is 20.2 Å². The lowest BCUT2D eigenvalue weighted by Crippen LogP contribution is -2.38. The summed E-state index contributed by atoms with van der Waals surface area (Å²) in [6, 6.07) is 8.96. The molecule has 2 aromatic carbocycles. The van der Waals surface area contributed by atoms with E-state index in [-0.39, 0.29) is 23.2 Å². The van der Waals surface area contributed by atoms with Crippen LogP contribution < -0.4 is 9.80 Å². The van der Waals surface area contributed by atoms with Crippen molar-refractivity contribution < 1.29 is 17.2 Å². The summed E-state index contributed by atoms with van der Waals surface area (Å²) in [6.07, 6.45) is 1.83. The minimum atomic E-state index is -3.62. The van der Waals surface area contributed by atoms with E-state index in [4.69, 9.17) is 0 Å². The summed E-state index contributed by atoms with van der Waals surface area (Å²) in [5.41, 5.74) is 1.64. The van der Waals surface area contributed by atoms with Crippen LogP contribution in [0.3, 0.4) is 0 Å². The Morgan fingerprint density at radius 1 is 1.07 bits per heavy atom. The van der Waals surface area contributed by atoms with Crippen molar-refractivity contribution in [2.45, 2.75) is 44.3 Å². The largest absolute Gasteiger partial charge is 0.349 e. The predicted octanol–water partition coefficient (Wildman–Crippen LogP) is 3.94. The van der Waals surface area contributed by atoms with Crippen molar-refractivity contribution in [1.29, 1.82) is 0 Å². The van der Waals surface area contributed by atoms with Crippen LogP contribution in [0.5, 0.6) is 0 Å². The summed E-state index contributed by atoms with van der Waals surface area (Å²) in [5, 5.41) is 0. The zero-order valence-electron chi connectivity index (χ0n) is 16.6. The lowest BCUT2D eigenvalue weighted by atomic mass is 10.1. The van der Waals surface area contributed by atoms with Gasteiger partial charge in [0, 0.05) is 25.2 Å². The molecule has 2 aromatic rings. The molecule has 2 heterocycles. The van der Waals surface area contributed by atoms with Gasteiger partial charge in [-0.1, -0.05) is 19.9 Å². The lowest BCUT2D eigenvalue weighted by molar-refractivity contribution is 0.445. The van der Waals surface area contributed by atoms with Crippen LogP contribution in [0.2, 0.25) is 0 Å². The van der Waals surface area contributed by atoms with Crippen molar-refractivity contribution in [3.63, 3.8) is 0 Å². The van der Waals surface area contributed by atoms with Crippen LogP contribution in [0.1, 0.15) is 32.3 Å². The summed E-state index contributed by atoms with van der Waals surface area (Å²) in [4.78, 5) is 4.34. The Bertz CT molecular complexity index is 1000. The highest BCUT2D eigenvalue weighted by molar-refractivity contribution is 7.89. The van der Waals surface area contributed by atoms with Gasteiger partial charge in [0.25, 0.3) is 0 Å². The molecule has 0 radical (unpaired) electrons. The molecular weight excluding hydrogens is 396 g/mol. The first-order valence-corrected chi connectivity index (χ1v) is 11.4. The number of nitrogens with zero attached hydrogens (tertiary/aromatic N) is 3. The molecule has 0 spiro atoms. The van der Waals surface area contributed by atoms with Gasteiger partial charge in [0.15, 0.2) is 0 Å². The highest BCUT2D eigenvalue weighted by Crippen LogP contribution is 2.46. The van der Waals surface area contributed by atoms with Crippen molar-refractivity contribution in [3.05, 3.63) is 53.6 Å². The number of fused-ring (bicyclic) bond motifs is 3. The van der Waals surface area contributed by atoms with Gasteiger partial charge in [0.1, 0.15) is 17.8 Å². The molecule has 2 aliphatic heterocycles. The van der Waals surface area contributed by atoms with E-state index < -0.39 is 21.7 Å². The summed E-state index contributed by atoms with van der Waals surface area (Å²) in [6.45, 7) is 5.27. The minimum Gasteiger partial charge on any atom is -0.349 e. The molecule has 5 nitrogen and oxygen atoms in total. The zero-order chi connectivity index (χ0) is 20.8. The quantitative estimate of drug-likeness (QED) is 0.709. The third-order valence-electron chi connectivity index (χ3n) is 5.88. The number of benzene rings is 2. The van der Waals surface area contributed by atoms with E-state index in [1.54, 1.807) is 26.0 Å². The SMILES string of the molecule is CCN(CC)S(=O)(=O)c1ccc2c(c1)N(Cc1c(F)cccc1F)[C@@H]1CCCN21. The Morgan fingerprint density at radius 2 is 1.76 bits per heavy atom. The summed E-state index contributed by atoms with van der Waals surface area (Å²) in [5.74, 6) is -1.18. The Labute approximate surface area is 170 Å². The maximum atomic E-state index is 14.3. The van der Waals surface area contributed by atoms with Crippen LogP contribution >= 0.6 is 0 Å². The third-order valence-corrected chi connectivity index (χ3v) is 7.93. The van der Waals surface area contributed by atoms with Crippen LogP contribution in [0.25, 0.3) is 0 Å². The fourth-order valence-corrected chi connectivity index (χ4v) is 5.89. The van der Waals surface area contributed by atoms with Crippen LogP contribution in [0, 0.1) is 11.6 Å². The molecule has 2 aliphatic rings. The average molecular weight is 422 g/mol. The van der Waals surface area contributed by atoms with Gasteiger partial charge < -0.3 is 9.80 Å². The third kappa shape index (κ3) is 3.28. The van der Waals surface area contributed by atoms with Crippen molar-refractivity contribution in [2.24, 2.45) is 0 Å². The summed E-state index contributed by atoms with van der Waals surface area (Å²) >= 11 is 0. The second kappa shape index (κ2) is 7.57. The second-order valence-corrected chi connectivity index (χ2v) is 9.32. The highest BCUT2D eigenvalue weighted by atomic mass is 32.2. The number of hydrogen-bond acceptors (Lipinski definition) is 4. The molecule has 0 N–H and O–H groups in total. The van der Waals surface area contributed by atoms with Crippen molar-refractivity contribution in [3.8, 4) is 0 Å². The van der Waals surface area contributed by atoms with Gasteiger partial charge in [-0.05, 0) is 43.2 Å². The van der Waals surface area contributed by atoms with E-state index in [1.165, 1.54) is 22.5 Å². The molecule has 156 valence electrons. The predicted molar refractivity (Wildman–Crippen MR) is 109 cm³/mol. The smallest absolute Gasteiger partial charge is 0.243 e. The van der Waals surface area contributed by atoms with Crippen LogP contribution in [-0.2, 0) is 16.6 Å². The van der Waals surface area contributed by atoms with Gasteiger partial charge >= 0.3 is 0 Å². The van der Waals surface area contributed by atoms with E-state index in [1.807, 2.05) is 11.0 Å². The Kier molecular flexibility index (Phi) is 5.25. The Hall–Kier alpha value is -2.19. The first-order valence-electron chi connectivity index (χ1n) is 9.98. The number of rotatable bonds is 6. The van der Waals surface area contributed by atoms with Crippen LogP contribution in [0.15, 0.2) is 41.3 Å². The van der Waals surface area contributed by atoms with Gasteiger partial charge in [-0.3, -0.25) is 0 Å². The molecule has 0 bridgehead atoms. The highest BCUT2D eigenvalue weighted by Gasteiger charge is 2.40. The van der Waals surface area contributed by atoms with Gasteiger partial charge in [-0.15, -0.1) is 0 Å². The number of anilines is 2. The molecule has 0 aromatic heterocycles. The molecule has 29 heavy (non-hydrogen) atoms. The lowest BCUT2D eigenvalue weighted by Gasteiger charge is -2.28. The van der Waals surface area contributed by atoms with Crippen molar-refractivity contribution >= 4 is 21.4 Å². The van der Waals surface area contributed by atoms with Gasteiger partial charge in [-0.25, -0.2) is 17.2 Å². The molecular formula is C21H25F2N3O2S. The standard InChI is InChI=1S/C21H25F2N3O2S/c1-3-24(4-2)29(27,28)15-10-11-19-20(13-15)26(21-9-6-12-25(19)21)14-16-17(22)7-5-8-18(16)23/h5,7-8,10-11,13,21H,3-4,6,9,12,14H2,1-2H3/t21-/m1/s1. The van der Waals surface area contributed by atoms with Gasteiger partial charge in [0.05, 0.1) is 22.8 Å². The molecule has 0 saturated carbocycles. The number of hydrogen-bond donors (Lipinski definition) is 0. The van der Waals surface area contributed by atoms with Gasteiger partial charge in [0.2, 0.25) is 10.0 Å². The van der Waals surface area contributed by atoms with E-state index in [0.717, 1.165) is 25.1 Å². The van der Waals surface area contributed by atoms with E-state index in [2.05, 4.69) is 4.90 Å². The Morgan fingerprint density at radius 3 is 2.41 bits per heavy atom. The maximum Gasteiger partial charge on any atom is 0.243 e. The molecule has 0 aliphatic carbocycles. The molecule has 0 unspecified atom stereocenters. The number of sulfonamides is 1. The van der Waals surface area contributed by atoms with Crippen LogP contribution in [-0.4, -0.2) is 38.5 Å². The van der Waals surface area contributed by atoms with Crippen molar-refractivity contribution in [1.82, 2.24) is 4.31 Å². The normalized spacial score (nSPS) is 18.4. The van der Waals surface area contributed by atoms with E-state index in [0.29, 0.717) is 18.8 Å². The van der Waals surface area contributed by atoms with E-state index >= 15 is 0 Å². The minimum absolute atomic E-state index is 0.00389. The number of halogens is 2. The zero-order valence-corrected chi connectivity index (χ0v) is 17.4. The van der Waals surface area contributed by atoms with E-state index in [9.17, 15) is 17.2 Å². The maximum absolute atomic E-state index is 14.3. The van der Waals surface area contributed by atoms with Gasteiger partial charge in [-0.2, -0.15) is 4.31 Å². The topological polar surface area (TPSA) is 43.9 Å². The summed E-state index contributed by atoms with van der Waals surface area (Å²) < 4.78 is 56.0. The average Bonchev–Trinajstić information content (AvgIpc) is 3.27. The molecule has 1 atom stereocenters. The summed E-state index contributed by atoms with van der Waals surface area (Å²) in [7, 11) is -3.62. The monoisotopic (exact) mass is 421 g/mol. The molecule has 8 heteroatoms. The fraction of sp³-hybridized carbons (Fsp3) is 0.429. The first-order chi connectivity index (χ1) is 13.9. The second-order valence-electron chi connectivity index (χ2n) is 7.38. The molecule has 1 fully saturated rings. The molecule has 0 amide bonds.